The van der Waals surface area contributed by atoms with E-state index in [0.29, 0.717) is 5.69 Å². The summed E-state index contributed by atoms with van der Waals surface area (Å²) in [4.78, 5) is 35.6. The number of aromatic nitrogens is 1. The molecular formula is C15H19N3O5. The zero-order valence-electron chi connectivity index (χ0n) is 13.2. The Hall–Kier alpha value is -2.77. The van der Waals surface area contributed by atoms with Crippen molar-refractivity contribution in [2.75, 3.05) is 13.2 Å². The second kappa shape index (κ2) is 6.99. The van der Waals surface area contributed by atoms with Crippen LogP contribution in [0, 0.1) is 0 Å². The predicted octanol–water partition coefficient (Wildman–Crippen LogP) is 0.700. The Labute approximate surface area is 133 Å². The van der Waals surface area contributed by atoms with Crippen LogP contribution in [-0.4, -0.2) is 41.8 Å². The second-order valence-corrected chi connectivity index (χ2v) is 5.01. The molecule has 0 saturated carbocycles. The molecule has 2 amide bonds. The third-order valence-electron chi connectivity index (χ3n) is 3.37. The van der Waals surface area contributed by atoms with Crippen LogP contribution < -0.4 is 10.6 Å². The number of amides is 2. The van der Waals surface area contributed by atoms with Gasteiger partial charge in [0.15, 0.2) is 0 Å². The van der Waals surface area contributed by atoms with Gasteiger partial charge in [0.1, 0.15) is 12.3 Å². The average molecular weight is 321 g/mol. The van der Waals surface area contributed by atoms with Gasteiger partial charge in [-0.05, 0) is 26.0 Å². The molecule has 1 aromatic rings. The van der Waals surface area contributed by atoms with Crippen molar-refractivity contribution in [1.82, 2.24) is 15.2 Å². The van der Waals surface area contributed by atoms with Crippen LogP contribution in [0.15, 0.2) is 29.6 Å². The normalized spacial score (nSPS) is 17.3. The van der Waals surface area contributed by atoms with Gasteiger partial charge in [-0.1, -0.05) is 0 Å². The van der Waals surface area contributed by atoms with Gasteiger partial charge in [-0.15, -0.1) is 0 Å². The maximum atomic E-state index is 12.0. The number of hydrogen-bond acceptors (Lipinski definition) is 5. The third kappa shape index (κ3) is 3.71. The molecule has 8 nitrogen and oxygen atoms in total. The highest BCUT2D eigenvalue weighted by Gasteiger charge is 2.30. The summed E-state index contributed by atoms with van der Waals surface area (Å²) >= 11 is 0. The summed E-state index contributed by atoms with van der Waals surface area (Å²) in [6.07, 6.45) is 1.72. The quantitative estimate of drug-likeness (QED) is 0.778. The molecule has 124 valence electrons. The number of ether oxygens (including phenoxy) is 2. The molecule has 1 aromatic heterocycles. The molecule has 2 heterocycles. The SMILES string of the molecule is CCOC(=O)C1=C(COC(=O)c2cccn2C)NC(=O)N[C@@H]1C. The number of nitrogens with zero attached hydrogens (tertiary/aromatic N) is 1. The van der Waals surface area contributed by atoms with E-state index >= 15 is 0 Å². The molecule has 2 N–H and O–H groups in total. The van der Waals surface area contributed by atoms with Crippen LogP contribution in [-0.2, 0) is 21.3 Å². The molecule has 23 heavy (non-hydrogen) atoms. The minimum absolute atomic E-state index is 0.208. The fraction of sp³-hybridized carbons (Fsp3) is 0.400. The van der Waals surface area contributed by atoms with Gasteiger partial charge in [-0.25, -0.2) is 14.4 Å². The molecule has 0 aromatic carbocycles. The maximum absolute atomic E-state index is 12.0. The van der Waals surface area contributed by atoms with Crippen molar-refractivity contribution in [3.8, 4) is 0 Å². The highest BCUT2D eigenvalue weighted by atomic mass is 16.5. The van der Waals surface area contributed by atoms with Crippen molar-refractivity contribution >= 4 is 18.0 Å². The number of carbonyl (C=O) groups is 3. The van der Waals surface area contributed by atoms with E-state index in [1.165, 1.54) is 0 Å². The predicted molar refractivity (Wildman–Crippen MR) is 80.5 cm³/mol. The highest BCUT2D eigenvalue weighted by molar-refractivity contribution is 5.95. The second-order valence-electron chi connectivity index (χ2n) is 5.01. The standard InChI is InChI=1S/C15H19N3O5/c1-4-22-14(20)12-9(2)16-15(21)17-10(12)8-23-13(19)11-6-5-7-18(11)3/h5-7,9H,4,8H2,1-3H3,(H2,16,17,21)/t9-/m1/s1. The number of esters is 2. The van der Waals surface area contributed by atoms with Crippen LogP contribution in [0.5, 0.6) is 0 Å². The Morgan fingerprint density at radius 1 is 1.30 bits per heavy atom. The van der Waals surface area contributed by atoms with E-state index in [1.807, 2.05) is 0 Å². The van der Waals surface area contributed by atoms with E-state index in [9.17, 15) is 14.4 Å². The van der Waals surface area contributed by atoms with E-state index in [1.54, 1.807) is 43.8 Å². The van der Waals surface area contributed by atoms with Gasteiger partial charge in [0.05, 0.1) is 23.9 Å². The van der Waals surface area contributed by atoms with Crippen molar-refractivity contribution in [3.63, 3.8) is 0 Å². The number of rotatable bonds is 5. The first-order chi connectivity index (χ1) is 10.9. The zero-order valence-corrected chi connectivity index (χ0v) is 13.2. The molecule has 0 bridgehead atoms. The van der Waals surface area contributed by atoms with Gasteiger partial charge in [0, 0.05) is 13.2 Å². The van der Waals surface area contributed by atoms with Crippen molar-refractivity contribution in [3.05, 3.63) is 35.3 Å². The van der Waals surface area contributed by atoms with Crippen LogP contribution in [0.25, 0.3) is 0 Å². The van der Waals surface area contributed by atoms with Gasteiger partial charge in [0.25, 0.3) is 0 Å². The van der Waals surface area contributed by atoms with Crippen LogP contribution in [0.2, 0.25) is 0 Å². The van der Waals surface area contributed by atoms with Crippen molar-refractivity contribution < 1.29 is 23.9 Å². The molecule has 0 saturated heterocycles. The number of nitrogens with one attached hydrogen (secondary N) is 2. The van der Waals surface area contributed by atoms with Gasteiger partial charge in [-0.3, -0.25) is 0 Å². The fourth-order valence-electron chi connectivity index (χ4n) is 2.28. The number of carbonyl (C=O) groups excluding carboxylic acids is 3. The average Bonchev–Trinajstić information content (AvgIpc) is 2.90. The van der Waals surface area contributed by atoms with Crippen molar-refractivity contribution in [2.24, 2.45) is 7.05 Å². The number of aryl methyl sites for hydroxylation is 1. The van der Waals surface area contributed by atoms with Gasteiger partial charge >= 0.3 is 18.0 Å². The summed E-state index contributed by atoms with van der Waals surface area (Å²) in [5.41, 5.74) is 0.838. The maximum Gasteiger partial charge on any atom is 0.355 e. The molecule has 0 spiro atoms. The van der Waals surface area contributed by atoms with Crippen LogP contribution in [0.3, 0.4) is 0 Å². The lowest BCUT2D eigenvalue weighted by atomic mass is 10.0. The molecular weight excluding hydrogens is 302 g/mol. The zero-order chi connectivity index (χ0) is 17.0. The van der Waals surface area contributed by atoms with E-state index in [2.05, 4.69) is 10.6 Å². The molecule has 0 fully saturated rings. The summed E-state index contributed by atoms with van der Waals surface area (Å²) in [5.74, 6) is -1.11. The number of hydrogen-bond donors (Lipinski definition) is 2. The summed E-state index contributed by atoms with van der Waals surface area (Å²) in [6.45, 7) is 3.33. The largest absolute Gasteiger partial charge is 0.463 e. The summed E-state index contributed by atoms with van der Waals surface area (Å²) in [6, 6.07) is 2.34. The first kappa shape index (κ1) is 16.6. The minimum Gasteiger partial charge on any atom is -0.463 e. The Kier molecular flexibility index (Phi) is 5.05. The Morgan fingerprint density at radius 2 is 2.04 bits per heavy atom. The van der Waals surface area contributed by atoms with Crippen LogP contribution in [0.1, 0.15) is 24.3 Å². The van der Waals surface area contributed by atoms with E-state index in [0.717, 1.165) is 0 Å². The van der Waals surface area contributed by atoms with Crippen LogP contribution in [0.4, 0.5) is 4.79 Å². The topological polar surface area (TPSA) is 98.7 Å². The molecule has 0 radical (unpaired) electrons. The summed E-state index contributed by atoms with van der Waals surface area (Å²) < 4.78 is 11.8. The van der Waals surface area contributed by atoms with Crippen molar-refractivity contribution in [2.45, 2.75) is 19.9 Å². The third-order valence-corrected chi connectivity index (χ3v) is 3.37. The molecule has 0 aliphatic carbocycles. The summed E-state index contributed by atoms with van der Waals surface area (Å²) in [5, 5.41) is 5.07. The highest BCUT2D eigenvalue weighted by Crippen LogP contribution is 2.15. The molecule has 1 aliphatic heterocycles. The Balaban J connectivity index is 2.17. The molecule has 2 rings (SSSR count). The monoisotopic (exact) mass is 321 g/mol. The minimum atomic E-state index is -0.558. The van der Waals surface area contributed by atoms with E-state index in [4.69, 9.17) is 9.47 Å². The lowest BCUT2D eigenvalue weighted by molar-refractivity contribution is -0.139. The Morgan fingerprint density at radius 3 is 2.65 bits per heavy atom. The molecule has 1 atom stereocenters. The van der Waals surface area contributed by atoms with Gasteiger partial charge in [-0.2, -0.15) is 0 Å². The fourth-order valence-corrected chi connectivity index (χ4v) is 2.28. The summed E-state index contributed by atoms with van der Waals surface area (Å²) in [7, 11) is 1.72. The van der Waals surface area contributed by atoms with E-state index < -0.39 is 24.0 Å². The van der Waals surface area contributed by atoms with Gasteiger partial charge in [0.2, 0.25) is 0 Å². The van der Waals surface area contributed by atoms with Gasteiger partial charge < -0.3 is 24.7 Å². The smallest absolute Gasteiger partial charge is 0.355 e. The lowest BCUT2D eigenvalue weighted by Gasteiger charge is -2.26. The van der Waals surface area contributed by atoms with E-state index in [-0.39, 0.29) is 24.5 Å². The molecule has 1 aliphatic rings. The van der Waals surface area contributed by atoms with Crippen molar-refractivity contribution in [1.29, 1.82) is 0 Å². The lowest BCUT2D eigenvalue weighted by Crippen LogP contribution is -2.50. The molecule has 0 unspecified atom stereocenters. The Bertz CT molecular complexity index is 662. The molecule has 8 heteroatoms. The first-order valence-corrected chi connectivity index (χ1v) is 7.20. The number of urea groups is 1. The van der Waals surface area contributed by atoms with Crippen LogP contribution >= 0.6 is 0 Å². The first-order valence-electron chi connectivity index (χ1n) is 7.20.